The molecule has 0 radical (unpaired) electrons. The summed E-state index contributed by atoms with van der Waals surface area (Å²) in [5.74, 6) is -1.28. The molecule has 1 heterocycles. The number of carboxylic acids is 2. The minimum Gasteiger partial charge on any atom is -0.481 e. The molecule has 0 bridgehead atoms. The molecule has 1 amide bonds. The van der Waals surface area contributed by atoms with Crippen molar-refractivity contribution in [1.29, 1.82) is 0 Å². The minimum atomic E-state index is -0.958. The number of unbranched alkanes of at least 4 members (excludes halogenated alkanes) is 1. The summed E-state index contributed by atoms with van der Waals surface area (Å²) in [7, 11) is 0. The second kappa shape index (κ2) is 17.1. The Labute approximate surface area is 283 Å². The van der Waals surface area contributed by atoms with Crippen molar-refractivity contribution >= 4 is 29.6 Å². The van der Waals surface area contributed by atoms with E-state index in [-0.39, 0.29) is 43.1 Å². The zero-order chi connectivity index (χ0) is 33.9. The van der Waals surface area contributed by atoms with Gasteiger partial charge in [-0.1, -0.05) is 72.8 Å². The molecule has 48 heavy (non-hydrogen) atoms. The Balaban J connectivity index is 1.27. The van der Waals surface area contributed by atoms with Crippen molar-refractivity contribution in [3.8, 4) is 11.1 Å². The number of carbonyl (C=O) groups excluding carboxylic acids is 1. The van der Waals surface area contributed by atoms with Crippen LogP contribution < -0.4 is 5.32 Å². The van der Waals surface area contributed by atoms with Crippen LogP contribution in [0.15, 0.2) is 102 Å². The van der Waals surface area contributed by atoms with Crippen LogP contribution in [0.3, 0.4) is 0 Å². The van der Waals surface area contributed by atoms with Crippen LogP contribution in [0.25, 0.3) is 11.1 Å². The predicted octanol–water partition coefficient (Wildman–Crippen LogP) is 7.14. The van der Waals surface area contributed by atoms with Crippen LogP contribution in [-0.4, -0.2) is 45.0 Å². The van der Waals surface area contributed by atoms with Gasteiger partial charge in [0.25, 0.3) is 0 Å². The van der Waals surface area contributed by atoms with Gasteiger partial charge in [0.15, 0.2) is 6.29 Å². The lowest BCUT2D eigenvalue weighted by molar-refractivity contribution is -0.245. The van der Waals surface area contributed by atoms with Crippen LogP contribution in [-0.2, 0) is 32.2 Å². The molecule has 3 atom stereocenters. The maximum atomic E-state index is 12.4. The third-order valence-electron chi connectivity index (χ3n) is 8.18. The van der Waals surface area contributed by atoms with E-state index in [0.717, 1.165) is 38.3 Å². The Kier molecular flexibility index (Phi) is 12.4. The van der Waals surface area contributed by atoms with Crippen molar-refractivity contribution < 1.29 is 39.2 Å². The number of carboxylic acid groups (broad SMARTS) is 2. The third-order valence-corrected chi connectivity index (χ3v) is 9.33. The van der Waals surface area contributed by atoms with Gasteiger partial charge in [-0.3, -0.25) is 9.59 Å². The molecule has 5 rings (SSSR count). The van der Waals surface area contributed by atoms with Gasteiger partial charge in [-0.15, -0.1) is 11.8 Å². The number of nitrogens with one attached hydrogen (secondary N) is 1. The van der Waals surface area contributed by atoms with Crippen molar-refractivity contribution in [1.82, 2.24) is 5.32 Å². The van der Waals surface area contributed by atoms with Gasteiger partial charge in [0.05, 0.1) is 24.4 Å². The van der Waals surface area contributed by atoms with Gasteiger partial charge in [0.2, 0.25) is 5.91 Å². The monoisotopic (exact) mass is 669 g/mol. The number of aromatic carboxylic acids is 1. The molecule has 3 unspecified atom stereocenters. The molecule has 1 aliphatic rings. The van der Waals surface area contributed by atoms with E-state index in [9.17, 15) is 24.6 Å². The summed E-state index contributed by atoms with van der Waals surface area (Å²) in [5, 5.41) is 30.5. The molecule has 0 aliphatic carbocycles. The van der Waals surface area contributed by atoms with Crippen LogP contribution in [0.5, 0.6) is 0 Å². The molecule has 4 aromatic rings. The smallest absolute Gasteiger partial charge is 0.335 e. The quantitative estimate of drug-likeness (QED) is 0.0767. The number of ether oxygens (including phenoxy) is 2. The maximum absolute atomic E-state index is 12.4. The van der Waals surface area contributed by atoms with E-state index in [4.69, 9.17) is 14.6 Å². The van der Waals surface area contributed by atoms with Gasteiger partial charge < -0.3 is 30.1 Å². The highest BCUT2D eigenvalue weighted by Gasteiger charge is 2.32. The normalized spacial score (nSPS) is 17.5. The van der Waals surface area contributed by atoms with E-state index in [0.29, 0.717) is 31.6 Å². The number of hydrogen-bond acceptors (Lipinski definition) is 7. The molecule has 10 heteroatoms. The van der Waals surface area contributed by atoms with Crippen molar-refractivity contribution in [2.75, 3.05) is 5.75 Å². The van der Waals surface area contributed by atoms with E-state index in [1.165, 1.54) is 0 Å². The summed E-state index contributed by atoms with van der Waals surface area (Å²) in [6.45, 7) is 0.327. The SMILES string of the molecule is O=C(O)CCCCC(=O)NCc1ccccc1-c1ccc(C2OC(CSc3ccc(C(=O)O)cc3)CC(c3ccc(CO)cc3)O2)cc1. The summed E-state index contributed by atoms with van der Waals surface area (Å²) < 4.78 is 13.0. The van der Waals surface area contributed by atoms with Crippen LogP contribution >= 0.6 is 11.8 Å². The van der Waals surface area contributed by atoms with Gasteiger partial charge in [-0.05, 0) is 64.9 Å². The number of benzene rings is 4. The lowest BCUT2D eigenvalue weighted by Gasteiger charge is -2.36. The first-order valence-corrected chi connectivity index (χ1v) is 16.9. The zero-order valence-corrected chi connectivity index (χ0v) is 27.2. The molecule has 250 valence electrons. The summed E-state index contributed by atoms with van der Waals surface area (Å²) in [5.41, 5.74) is 5.87. The summed E-state index contributed by atoms with van der Waals surface area (Å²) in [4.78, 5) is 35.3. The molecule has 0 spiro atoms. The van der Waals surface area contributed by atoms with Gasteiger partial charge in [0, 0.05) is 42.0 Å². The van der Waals surface area contributed by atoms with Crippen LogP contribution in [0, 0.1) is 0 Å². The molecule has 9 nitrogen and oxygen atoms in total. The summed E-state index contributed by atoms with van der Waals surface area (Å²) >= 11 is 1.60. The highest BCUT2D eigenvalue weighted by atomic mass is 32.2. The first-order chi connectivity index (χ1) is 23.3. The number of aliphatic hydroxyl groups is 1. The van der Waals surface area contributed by atoms with E-state index in [1.807, 2.05) is 72.8 Å². The van der Waals surface area contributed by atoms with E-state index in [2.05, 4.69) is 5.32 Å². The number of aliphatic hydroxyl groups excluding tert-OH is 1. The first kappa shape index (κ1) is 34.8. The van der Waals surface area contributed by atoms with Gasteiger partial charge in [-0.2, -0.15) is 0 Å². The molecule has 1 saturated heterocycles. The average Bonchev–Trinajstić information content (AvgIpc) is 3.12. The second-order valence-electron chi connectivity index (χ2n) is 11.6. The molecular formula is C38H39NO8S. The predicted molar refractivity (Wildman–Crippen MR) is 182 cm³/mol. The second-order valence-corrected chi connectivity index (χ2v) is 12.7. The topological polar surface area (TPSA) is 142 Å². The fraction of sp³-hybridized carbons (Fsp3) is 0.289. The van der Waals surface area contributed by atoms with Crippen LogP contribution in [0.4, 0.5) is 0 Å². The molecule has 1 aliphatic heterocycles. The lowest BCUT2D eigenvalue weighted by Crippen LogP contribution is -2.31. The number of rotatable bonds is 15. The minimum absolute atomic E-state index is 0.0338. The zero-order valence-electron chi connectivity index (χ0n) is 26.4. The molecule has 4 N–H and O–H groups in total. The standard InChI is InChI=1S/C38H39NO8S/c40-23-25-9-11-27(12-10-25)34-21-31(24-48-32-19-17-28(18-20-32)37(44)45)46-38(47-34)29-15-13-26(14-16-29)33-6-2-1-5-30(33)22-39-35(41)7-3-4-8-36(42)43/h1-2,5-6,9-20,31,34,38,40H,3-4,7-8,21-24H2,(H,39,41)(H,42,43)(H,44,45). The van der Waals surface area contributed by atoms with Crippen molar-refractivity contribution in [3.05, 3.63) is 125 Å². The molecule has 1 fully saturated rings. The number of aliphatic carboxylic acids is 1. The van der Waals surface area contributed by atoms with E-state index < -0.39 is 18.2 Å². The Morgan fingerprint density at radius 1 is 0.792 bits per heavy atom. The summed E-state index contributed by atoms with van der Waals surface area (Å²) in [6, 6.07) is 30.4. The maximum Gasteiger partial charge on any atom is 0.335 e. The van der Waals surface area contributed by atoms with Crippen molar-refractivity contribution in [3.63, 3.8) is 0 Å². The number of amides is 1. The third kappa shape index (κ3) is 9.77. The number of hydrogen-bond donors (Lipinski definition) is 4. The Hall–Kier alpha value is -4.48. The van der Waals surface area contributed by atoms with Crippen molar-refractivity contribution in [2.45, 2.75) is 68.6 Å². The summed E-state index contributed by atoms with van der Waals surface area (Å²) in [6.07, 6.45) is 0.977. The first-order valence-electron chi connectivity index (χ1n) is 15.9. The average molecular weight is 670 g/mol. The number of carbonyl (C=O) groups is 3. The molecule has 0 saturated carbocycles. The largest absolute Gasteiger partial charge is 0.481 e. The highest BCUT2D eigenvalue weighted by Crippen LogP contribution is 2.40. The molecule has 4 aromatic carbocycles. The van der Waals surface area contributed by atoms with Crippen LogP contribution in [0.2, 0.25) is 0 Å². The van der Waals surface area contributed by atoms with Gasteiger partial charge in [-0.25, -0.2) is 4.79 Å². The molecular weight excluding hydrogens is 630 g/mol. The Morgan fingerprint density at radius 2 is 1.48 bits per heavy atom. The Bertz CT molecular complexity index is 1670. The fourth-order valence-electron chi connectivity index (χ4n) is 5.53. The van der Waals surface area contributed by atoms with E-state index >= 15 is 0 Å². The van der Waals surface area contributed by atoms with Crippen molar-refractivity contribution in [2.24, 2.45) is 0 Å². The Morgan fingerprint density at radius 3 is 2.17 bits per heavy atom. The fourth-order valence-corrected chi connectivity index (χ4v) is 6.45. The van der Waals surface area contributed by atoms with Gasteiger partial charge in [0.1, 0.15) is 0 Å². The molecule has 0 aromatic heterocycles. The highest BCUT2D eigenvalue weighted by molar-refractivity contribution is 7.99. The van der Waals surface area contributed by atoms with E-state index in [1.54, 1.807) is 36.0 Å². The van der Waals surface area contributed by atoms with Crippen LogP contribution in [0.1, 0.15) is 77.1 Å². The lowest BCUT2D eigenvalue weighted by atomic mass is 9.97. The van der Waals surface area contributed by atoms with Gasteiger partial charge >= 0.3 is 11.9 Å². The number of thioether (sulfide) groups is 1.